The minimum absolute atomic E-state index is 0.0403. The van der Waals surface area contributed by atoms with Gasteiger partial charge in [0, 0.05) is 11.8 Å². The number of nitrogens with one attached hydrogen (secondary N) is 1. The first kappa shape index (κ1) is 15.8. The molecule has 1 aromatic heterocycles. The summed E-state index contributed by atoms with van der Waals surface area (Å²) in [5.74, 6) is 1.39. The van der Waals surface area contributed by atoms with E-state index in [2.05, 4.69) is 10.3 Å². The predicted octanol–water partition coefficient (Wildman–Crippen LogP) is 3.14. The van der Waals surface area contributed by atoms with E-state index >= 15 is 0 Å². The SMILES string of the molecule is CCS(=O)(=O)c1ccc2oc(Nc3ccc4c(c3)OCCO4)nc2c1. The number of fused-ring (bicyclic) bond motifs is 2. The standard InChI is InChI=1S/C17H16N2O5S/c1-2-25(20,21)12-4-6-14-13(10-12)19-17(24-14)18-11-3-5-15-16(9-11)23-8-7-22-15/h3-6,9-10H,2,7-8H2,1H3,(H,18,19). The molecule has 0 saturated carbocycles. The van der Waals surface area contributed by atoms with Crippen LogP contribution in [-0.4, -0.2) is 32.4 Å². The fraction of sp³-hybridized carbons (Fsp3) is 0.235. The highest BCUT2D eigenvalue weighted by molar-refractivity contribution is 7.91. The van der Waals surface area contributed by atoms with Crippen LogP contribution >= 0.6 is 0 Å². The molecule has 0 amide bonds. The summed E-state index contributed by atoms with van der Waals surface area (Å²) in [5.41, 5.74) is 1.72. The van der Waals surface area contributed by atoms with Crippen molar-refractivity contribution in [3.05, 3.63) is 36.4 Å². The largest absolute Gasteiger partial charge is 0.486 e. The van der Waals surface area contributed by atoms with E-state index in [0.717, 1.165) is 5.69 Å². The zero-order chi connectivity index (χ0) is 17.4. The van der Waals surface area contributed by atoms with E-state index in [-0.39, 0.29) is 16.7 Å². The molecule has 1 aliphatic rings. The molecule has 0 bridgehead atoms. The van der Waals surface area contributed by atoms with Gasteiger partial charge in [0.1, 0.15) is 18.7 Å². The number of aromatic nitrogens is 1. The summed E-state index contributed by atoms with van der Waals surface area (Å²) in [6, 6.07) is 10.4. The van der Waals surface area contributed by atoms with Crippen LogP contribution in [-0.2, 0) is 9.84 Å². The molecule has 130 valence electrons. The molecule has 0 atom stereocenters. The Morgan fingerprint density at radius 3 is 2.68 bits per heavy atom. The molecule has 0 spiro atoms. The number of ether oxygens (including phenoxy) is 2. The third-order valence-corrected chi connectivity index (χ3v) is 5.62. The molecule has 2 heterocycles. The molecule has 1 aliphatic heterocycles. The van der Waals surface area contributed by atoms with Crippen LogP contribution < -0.4 is 14.8 Å². The van der Waals surface area contributed by atoms with Crippen LogP contribution in [0.15, 0.2) is 45.7 Å². The van der Waals surface area contributed by atoms with E-state index in [1.807, 2.05) is 12.1 Å². The Hall–Kier alpha value is -2.74. The van der Waals surface area contributed by atoms with Crippen molar-refractivity contribution < 1.29 is 22.3 Å². The first-order chi connectivity index (χ1) is 12.0. The van der Waals surface area contributed by atoms with E-state index in [1.165, 1.54) is 12.1 Å². The fourth-order valence-corrected chi connectivity index (χ4v) is 3.47. The highest BCUT2D eigenvalue weighted by Crippen LogP contribution is 2.34. The van der Waals surface area contributed by atoms with Crippen molar-refractivity contribution in [3.63, 3.8) is 0 Å². The van der Waals surface area contributed by atoms with Gasteiger partial charge >= 0.3 is 0 Å². The number of nitrogens with zero attached hydrogens (tertiary/aromatic N) is 1. The maximum atomic E-state index is 12.0. The van der Waals surface area contributed by atoms with Gasteiger partial charge in [0.2, 0.25) is 0 Å². The summed E-state index contributed by atoms with van der Waals surface area (Å²) in [4.78, 5) is 4.55. The number of oxazole rings is 1. The lowest BCUT2D eigenvalue weighted by Crippen LogP contribution is -2.15. The quantitative estimate of drug-likeness (QED) is 0.764. The lowest BCUT2D eigenvalue weighted by atomic mass is 10.2. The lowest BCUT2D eigenvalue weighted by Gasteiger charge is -2.18. The van der Waals surface area contributed by atoms with Crippen LogP contribution in [0.5, 0.6) is 11.5 Å². The van der Waals surface area contributed by atoms with Crippen molar-refractivity contribution in [2.24, 2.45) is 0 Å². The Balaban J connectivity index is 1.64. The first-order valence-corrected chi connectivity index (χ1v) is 9.50. The zero-order valence-corrected chi connectivity index (χ0v) is 14.3. The summed E-state index contributed by atoms with van der Waals surface area (Å²) in [6.07, 6.45) is 0. The third-order valence-electron chi connectivity index (χ3n) is 3.89. The van der Waals surface area contributed by atoms with Gasteiger partial charge in [0.25, 0.3) is 6.01 Å². The normalized spacial score (nSPS) is 13.8. The van der Waals surface area contributed by atoms with Gasteiger partial charge in [0.05, 0.1) is 10.6 Å². The molecule has 0 fully saturated rings. The smallest absolute Gasteiger partial charge is 0.300 e. The van der Waals surface area contributed by atoms with Crippen molar-refractivity contribution in [2.45, 2.75) is 11.8 Å². The monoisotopic (exact) mass is 360 g/mol. The van der Waals surface area contributed by atoms with E-state index in [9.17, 15) is 8.42 Å². The van der Waals surface area contributed by atoms with E-state index in [4.69, 9.17) is 13.9 Å². The average molecular weight is 360 g/mol. The molecule has 4 rings (SSSR count). The van der Waals surface area contributed by atoms with Crippen LogP contribution in [0.3, 0.4) is 0 Å². The van der Waals surface area contributed by atoms with Crippen molar-refractivity contribution in [2.75, 3.05) is 24.3 Å². The van der Waals surface area contributed by atoms with Crippen LogP contribution in [0.4, 0.5) is 11.7 Å². The number of anilines is 2. The zero-order valence-electron chi connectivity index (χ0n) is 13.5. The average Bonchev–Trinajstić information content (AvgIpc) is 3.03. The molecule has 0 unspecified atom stereocenters. The van der Waals surface area contributed by atoms with Crippen molar-refractivity contribution >= 4 is 32.6 Å². The molecule has 2 aromatic carbocycles. The van der Waals surface area contributed by atoms with Crippen molar-refractivity contribution in [3.8, 4) is 11.5 Å². The Labute approximate surface area is 144 Å². The van der Waals surface area contributed by atoms with Crippen LogP contribution in [0.25, 0.3) is 11.1 Å². The second-order valence-corrected chi connectivity index (χ2v) is 7.81. The number of rotatable bonds is 4. The van der Waals surface area contributed by atoms with Crippen LogP contribution in [0.1, 0.15) is 6.92 Å². The van der Waals surface area contributed by atoms with Gasteiger partial charge in [-0.05, 0) is 30.3 Å². The summed E-state index contributed by atoms with van der Waals surface area (Å²) in [7, 11) is -3.28. The number of hydrogen-bond donors (Lipinski definition) is 1. The Morgan fingerprint density at radius 2 is 1.88 bits per heavy atom. The number of hydrogen-bond acceptors (Lipinski definition) is 7. The molecule has 0 saturated heterocycles. The summed E-state index contributed by atoms with van der Waals surface area (Å²) in [5, 5.41) is 3.05. The lowest BCUT2D eigenvalue weighted by molar-refractivity contribution is 0.171. The maximum Gasteiger partial charge on any atom is 0.300 e. The van der Waals surface area contributed by atoms with Crippen LogP contribution in [0.2, 0.25) is 0 Å². The van der Waals surface area contributed by atoms with Gasteiger partial charge in [-0.3, -0.25) is 0 Å². The summed E-state index contributed by atoms with van der Waals surface area (Å²) >= 11 is 0. The topological polar surface area (TPSA) is 90.7 Å². The van der Waals surface area contributed by atoms with Gasteiger partial charge in [-0.2, -0.15) is 4.98 Å². The maximum absolute atomic E-state index is 12.0. The highest BCUT2D eigenvalue weighted by Gasteiger charge is 2.16. The third kappa shape index (κ3) is 3.00. The molecule has 3 aromatic rings. The number of sulfone groups is 1. The number of benzene rings is 2. The molecule has 0 radical (unpaired) electrons. The fourth-order valence-electron chi connectivity index (χ4n) is 2.57. The summed E-state index contributed by atoms with van der Waals surface area (Å²) < 4.78 is 40.6. The molecule has 8 heteroatoms. The van der Waals surface area contributed by atoms with Gasteiger partial charge in [0.15, 0.2) is 26.9 Å². The van der Waals surface area contributed by atoms with Gasteiger partial charge in [-0.15, -0.1) is 0 Å². The molecule has 25 heavy (non-hydrogen) atoms. The van der Waals surface area contributed by atoms with Crippen LogP contribution in [0, 0.1) is 0 Å². The van der Waals surface area contributed by atoms with Gasteiger partial charge in [-0.1, -0.05) is 6.92 Å². The Morgan fingerprint density at radius 1 is 1.08 bits per heavy atom. The minimum Gasteiger partial charge on any atom is -0.486 e. The van der Waals surface area contributed by atoms with Gasteiger partial charge in [-0.25, -0.2) is 8.42 Å². The highest BCUT2D eigenvalue weighted by atomic mass is 32.2. The molecular formula is C17H16N2O5S. The molecule has 1 N–H and O–H groups in total. The van der Waals surface area contributed by atoms with E-state index < -0.39 is 9.84 Å². The summed E-state index contributed by atoms with van der Waals surface area (Å²) in [6.45, 7) is 2.65. The second kappa shape index (κ2) is 5.96. The first-order valence-electron chi connectivity index (χ1n) is 7.85. The molecular weight excluding hydrogens is 344 g/mol. The van der Waals surface area contributed by atoms with E-state index in [1.54, 1.807) is 19.1 Å². The Bertz CT molecular complexity index is 1040. The molecule has 0 aliphatic carbocycles. The Kier molecular flexibility index (Phi) is 3.76. The predicted molar refractivity (Wildman–Crippen MR) is 92.5 cm³/mol. The second-order valence-electron chi connectivity index (χ2n) is 5.54. The molecule has 7 nitrogen and oxygen atoms in total. The van der Waals surface area contributed by atoms with Gasteiger partial charge < -0.3 is 19.2 Å². The minimum atomic E-state index is -3.28. The van der Waals surface area contributed by atoms with Crippen molar-refractivity contribution in [1.82, 2.24) is 4.98 Å². The van der Waals surface area contributed by atoms with E-state index in [0.29, 0.717) is 35.8 Å². The van der Waals surface area contributed by atoms with Crippen molar-refractivity contribution in [1.29, 1.82) is 0 Å².